The van der Waals surface area contributed by atoms with Gasteiger partial charge in [-0.2, -0.15) is 0 Å². The molecule has 0 aromatic rings. The van der Waals surface area contributed by atoms with Crippen molar-refractivity contribution in [3.05, 3.63) is 0 Å². The molecule has 1 rings (SSSR count). The van der Waals surface area contributed by atoms with Gasteiger partial charge in [0, 0.05) is 25.2 Å². The van der Waals surface area contributed by atoms with Crippen molar-refractivity contribution in [2.45, 2.75) is 38.8 Å². The summed E-state index contributed by atoms with van der Waals surface area (Å²) in [5.41, 5.74) is 0. The van der Waals surface area contributed by atoms with Gasteiger partial charge in [0.05, 0.1) is 0 Å². The van der Waals surface area contributed by atoms with Gasteiger partial charge < -0.3 is 15.5 Å². The lowest BCUT2D eigenvalue weighted by Gasteiger charge is -2.28. The maximum absolute atomic E-state index is 3.59. The quantitative estimate of drug-likeness (QED) is 0.687. The molecule has 90 valence electrons. The minimum Gasteiger partial charge on any atom is -0.314 e. The van der Waals surface area contributed by atoms with Crippen molar-refractivity contribution in [2.24, 2.45) is 5.92 Å². The van der Waals surface area contributed by atoms with Gasteiger partial charge in [-0.1, -0.05) is 13.8 Å². The fourth-order valence-electron chi connectivity index (χ4n) is 2.35. The van der Waals surface area contributed by atoms with E-state index in [9.17, 15) is 0 Å². The summed E-state index contributed by atoms with van der Waals surface area (Å²) < 4.78 is 0. The van der Waals surface area contributed by atoms with Crippen molar-refractivity contribution >= 4 is 0 Å². The van der Waals surface area contributed by atoms with Crippen LogP contribution in [0.1, 0.15) is 26.7 Å². The molecule has 1 fully saturated rings. The molecular formula is C12H27N3. The lowest BCUT2D eigenvalue weighted by Crippen LogP contribution is -2.44. The highest BCUT2D eigenvalue weighted by Crippen LogP contribution is 2.07. The topological polar surface area (TPSA) is 27.3 Å². The van der Waals surface area contributed by atoms with E-state index in [1.165, 1.54) is 19.4 Å². The minimum atomic E-state index is 0.645. The van der Waals surface area contributed by atoms with Crippen LogP contribution in [0.15, 0.2) is 0 Å². The highest BCUT2D eigenvalue weighted by atomic mass is 15.1. The van der Waals surface area contributed by atoms with E-state index in [2.05, 4.69) is 43.5 Å². The van der Waals surface area contributed by atoms with Crippen LogP contribution in [-0.2, 0) is 0 Å². The highest BCUT2D eigenvalue weighted by molar-refractivity contribution is 4.79. The first-order valence-corrected chi connectivity index (χ1v) is 6.21. The fourth-order valence-corrected chi connectivity index (χ4v) is 2.35. The third-order valence-corrected chi connectivity index (χ3v) is 3.34. The van der Waals surface area contributed by atoms with Gasteiger partial charge in [-0.25, -0.2) is 0 Å². The van der Waals surface area contributed by atoms with Crippen molar-refractivity contribution in [3.63, 3.8) is 0 Å². The van der Waals surface area contributed by atoms with Crippen LogP contribution in [0.2, 0.25) is 0 Å². The normalized spacial score (nSPS) is 24.0. The van der Waals surface area contributed by atoms with Crippen molar-refractivity contribution in [1.82, 2.24) is 15.5 Å². The predicted molar refractivity (Wildman–Crippen MR) is 66.2 cm³/mol. The minimum absolute atomic E-state index is 0.645. The van der Waals surface area contributed by atoms with E-state index in [0.29, 0.717) is 18.0 Å². The molecule has 3 heteroatoms. The summed E-state index contributed by atoms with van der Waals surface area (Å²) in [7, 11) is 4.33. The van der Waals surface area contributed by atoms with Crippen LogP contribution >= 0.6 is 0 Å². The van der Waals surface area contributed by atoms with Gasteiger partial charge in [0.15, 0.2) is 0 Å². The zero-order chi connectivity index (χ0) is 11.3. The first kappa shape index (κ1) is 12.9. The molecule has 0 amide bonds. The average molecular weight is 213 g/mol. The maximum Gasteiger partial charge on any atom is 0.0237 e. The molecule has 2 unspecified atom stereocenters. The predicted octanol–water partition coefficient (Wildman–Crippen LogP) is 0.914. The summed E-state index contributed by atoms with van der Waals surface area (Å²) in [5.74, 6) is 0.712. The number of nitrogens with zero attached hydrogens (tertiary/aromatic N) is 1. The van der Waals surface area contributed by atoms with Crippen molar-refractivity contribution in [1.29, 1.82) is 0 Å². The van der Waals surface area contributed by atoms with Crippen molar-refractivity contribution in [3.8, 4) is 0 Å². The molecule has 1 heterocycles. The lowest BCUT2D eigenvalue weighted by atomic mass is 10.0. The Balaban J connectivity index is 2.15. The van der Waals surface area contributed by atoms with E-state index in [-0.39, 0.29) is 0 Å². The summed E-state index contributed by atoms with van der Waals surface area (Å²) in [6.07, 6.45) is 2.68. The molecule has 0 aliphatic carbocycles. The fraction of sp³-hybridized carbons (Fsp3) is 1.00. The molecule has 0 aromatic carbocycles. The monoisotopic (exact) mass is 213 g/mol. The van der Waals surface area contributed by atoms with Crippen LogP contribution in [0.25, 0.3) is 0 Å². The molecule has 2 atom stereocenters. The first-order valence-electron chi connectivity index (χ1n) is 6.21. The Morgan fingerprint density at radius 3 is 2.60 bits per heavy atom. The summed E-state index contributed by atoms with van der Waals surface area (Å²) in [5, 5.41) is 7.10. The zero-order valence-electron chi connectivity index (χ0n) is 10.7. The SMILES string of the molecule is CC(C)C(CNCC1CCCN1)N(C)C. The average Bonchev–Trinajstić information content (AvgIpc) is 2.63. The second-order valence-electron chi connectivity index (χ2n) is 5.23. The molecule has 15 heavy (non-hydrogen) atoms. The molecule has 0 bridgehead atoms. The molecule has 0 aromatic heterocycles. The maximum atomic E-state index is 3.59. The Labute approximate surface area is 94.6 Å². The molecular weight excluding hydrogens is 186 g/mol. The summed E-state index contributed by atoms with van der Waals surface area (Å²) in [6.45, 7) is 8.01. The number of nitrogens with one attached hydrogen (secondary N) is 2. The molecule has 0 saturated carbocycles. The van der Waals surface area contributed by atoms with Crippen LogP contribution in [0.3, 0.4) is 0 Å². The van der Waals surface area contributed by atoms with Gasteiger partial charge in [0.25, 0.3) is 0 Å². The van der Waals surface area contributed by atoms with Gasteiger partial charge >= 0.3 is 0 Å². The second kappa shape index (κ2) is 6.46. The number of hydrogen-bond donors (Lipinski definition) is 2. The van der Waals surface area contributed by atoms with Crippen molar-refractivity contribution < 1.29 is 0 Å². The van der Waals surface area contributed by atoms with Gasteiger partial charge in [-0.3, -0.25) is 0 Å². The van der Waals surface area contributed by atoms with Crippen molar-refractivity contribution in [2.75, 3.05) is 33.7 Å². The first-order chi connectivity index (χ1) is 7.11. The summed E-state index contributed by atoms with van der Waals surface area (Å²) in [4.78, 5) is 2.32. The van der Waals surface area contributed by atoms with Crippen LogP contribution in [-0.4, -0.2) is 50.7 Å². The Kier molecular flexibility index (Phi) is 5.58. The summed E-state index contributed by atoms with van der Waals surface area (Å²) >= 11 is 0. The molecule has 1 saturated heterocycles. The molecule has 2 N–H and O–H groups in total. The molecule has 1 aliphatic heterocycles. The van der Waals surface area contributed by atoms with E-state index >= 15 is 0 Å². The van der Waals surface area contributed by atoms with E-state index in [4.69, 9.17) is 0 Å². The summed E-state index contributed by atoms with van der Waals surface area (Å²) in [6, 6.07) is 1.35. The second-order valence-corrected chi connectivity index (χ2v) is 5.23. The molecule has 0 spiro atoms. The van der Waals surface area contributed by atoms with Gasteiger partial charge in [0.2, 0.25) is 0 Å². The van der Waals surface area contributed by atoms with Gasteiger partial charge in [-0.15, -0.1) is 0 Å². The molecule has 1 aliphatic rings. The third kappa shape index (κ3) is 4.49. The number of hydrogen-bond acceptors (Lipinski definition) is 3. The lowest BCUT2D eigenvalue weighted by molar-refractivity contribution is 0.223. The molecule has 3 nitrogen and oxygen atoms in total. The van der Waals surface area contributed by atoms with Crippen LogP contribution in [0.4, 0.5) is 0 Å². The van der Waals surface area contributed by atoms with Crippen LogP contribution in [0.5, 0.6) is 0 Å². The van der Waals surface area contributed by atoms with E-state index < -0.39 is 0 Å². The van der Waals surface area contributed by atoms with E-state index in [1.54, 1.807) is 0 Å². The Morgan fingerprint density at radius 2 is 2.13 bits per heavy atom. The Morgan fingerprint density at radius 1 is 1.40 bits per heavy atom. The van der Waals surface area contributed by atoms with Gasteiger partial charge in [-0.05, 0) is 39.4 Å². The Hall–Kier alpha value is -0.120. The van der Waals surface area contributed by atoms with Gasteiger partial charge in [0.1, 0.15) is 0 Å². The van der Waals surface area contributed by atoms with E-state index in [1.807, 2.05) is 0 Å². The standard InChI is InChI=1S/C12H27N3/c1-10(2)12(15(3)4)9-13-8-11-6-5-7-14-11/h10-14H,5-9H2,1-4H3. The van der Waals surface area contributed by atoms with E-state index in [0.717, 1.165) is 13.1 Å². The van der Waals surface area contributed by atoms with Crippen LogP contribution < -0.4 is 10.6 Å². The largest absolute Gasteiger partial charge is 0.314 e. The van der Waals surface area contributed by atoms with Crippen LogP contribution in [0, 0.1) is 5.92 Å². The zero-order valence-corrected chi connectivity index (χ0v) is 10.7. The Bertz CT molecular complexity index is 154. The smallest absolute Gasteiger partial charge is 0.0237 e. The highest BCUT2D eigenvalue weighted by Gasteiger charge is 2.17. The number of rotatable bonds is 6. The number of likely N-dealkylation sites (N-methyl/N-ethyl adjacent to an activating group) is 1. The third-order valence-electron chi connectivity index (χ3n) is 3.34. The molecule has 0 radical (unpaired) electrons.